The molecule has 2 aliphatic rings. The maximum absolute atomic E-state index is 11.9. The van der Waals surface area contributed by atoms with Crippen LogP contribution in [0.5, 0.6) is 5.75 Å². The van der Waals surface area contributed by atoms with Gasteiger partial charge in [0.1, 0.15) is 5.75 Å². The Morgan fingerprint density at radius 1 is 1.47 bits per heavy atom. The Kier molecular flexibility index (Phi) is 3.69. The molecule has 1 atom stereocenters. The van der Waals surface area contributed by atoms with Crippen molar-refractivity contribution in [1.82, 2.24) is 10.6 Å². The van der Waals surface area contributed by atoms with Gasteiger partial charge in [0.25, 0.3) is 0 Å². The number of carbonyl (C=O) groups excluding carboxylic acids is 1. The Labute approximate surface area is 113 Å². The van der Waals surface area contributed by atoms with E-state index in [1.807, 2.05) is 12.1 Å². The van der Waals surface area contributed by atoms with Crippen LogP contribution in [0, 0.1) is 5.92 Å². The van der Waals surface area contributed by atoms with E-state index in [1.54, 1.807) is 0 Å². The summed E-state index contributed by atoms with van der Waals surface area (Å²) in [7, 11) is 0. The normalized spacial score (nSPS) is 21.6. The molecule has 0 saturated carbocycles. The zero-order chi connectivity index (χ0) is 13.1. The highest BCUT2D eigenvalue weighted by Crippen LogP contribution is 2.25. The summed E-state index contributed by atoms with van der Waals surface area (Å²) in [5, 5.41) is 6.24. The number of benzene rings is 1. The molecule has 2 aliphatic heterocycles. The van der Waals surface area contributed by atoms with Crippen molar-refractivity contribution in [3.63, 3.8) is 0 Å². The lowest BCUT2D eigenvalue weighted by atomic mass is 10.0. The van der Waals surface area contributed by atoms with Crippen molar-refractivity contribution in [2.24, 2.45) is 5.92 Å². The molecule has 1 aromatic rings. The predicted molar refractivity (Wildman–Crippen MR) is 73.1 cm³/mol. The zero-order valence-corrected chi connectivity index (χ0v) is 11.1. The van der Waals surface area contributed by atoms with Crippen LogP contribution in [0.2, 0.25) is 0 Å². The maximum atomic E-state index is 11.9. The van der Waals surface area contributed by atoms with Gasteiger partial charge in [0.15, 0.2) is 0 Å². The molecular weight excluding hydrogens is 240 g/mol. The second-order valence-corrected chi connectivity index (χ2v) is 5.30. The molecule has 4 nitrogen and oxygen atoms in total. The standard InChI is InChI=1S/C15H20N2O2/c18-15(13-5-6-16-10-13)17-9-11-3-4-14-12(8-11)2-1-7-19-14/h3-4,8,13,16H,1-2,5-7,9-10H2,(H,17,18)/t13-/m0/s1. The van der Waals surface area contributed by atoms with Gasteiger partial charge in [-0.2, -0.15) is 0 Å². The topological polar surface area (TPSA) is 50.4 Å². The number of carbonyl (C=O) groups is 1. The fraction of sp³-hybridized carbons (Fsp3) is 0.533. The van der Waals surface area contributed by atoms with E-state index in [-0.39, 0.29) is 11.8 Å². The molecule has 2 heterocycles. The van der Waals surface area contributed by atoms with Crippen molar-refractivity contribution in [2.75, 3.05) is 19.7 Å². The first-order valence-electron chi connectivity index (χ1n) is 7.06. The van der Waals surface area contributed by atoms with Crippen LogP contribution >= 0.6 is 0 Å². The van der Waals surface area contributed by atoms with Gasteiger partial charge in [0.05, 0.1) is 12.5 Å². The van der Waals surface area contributed by atoms with Gasteiger partial charge in [0, 0.05) is 13.1 Å². The van der Waals surface area contributed by atoms with E-state index >= 15 is 0 Å². The van der Waals surface area contributed by atoms with Gasteiger partial charge in [-0.25, -0.2) is 0 Å². The van der Waals surface area contributed by atoms with E-state index in [9.17, 15) is 4.79 Å². The van der Waals surface area contributed by atoms with E-state index in [0.717, 1.165) is 50.3 Å². The number of amides is 1. The zero-order valence-electron chi connectivity index (χ0n) is 11.1. The van der Waals surface area contributed by atoms with E-state index in [1.165, 1.54) is 5.56 Å². The molecule has 102 valence electrons. The molecule has 0 radical (unpaired) electrons. The second kappa shape index (κ2) is 5.61. The van der Waals surface area contributed by atoms with Crippen molar-refractivity contribution >= 4 is 5.91 Å². The monoisotopic (exact) mass is 260 g/mol. The van der Waals surface area contributed by atoms with E-state index in [0.29, 0.717) is 6.54 Å². The molecule has 0 unspecified atom stereocenters. The largest absolute Gasteiger partial charge is 0.493 e. The van der Waals surface area contributed by atoms with Crippen LogP contribution in [0.15, 0.2) is 18.2 Å². The Morgan fingerprint density at radius 2 is 2.42 bits per heavy atom. The molecule has 0 aliphatic carbocycles. The first-order chi connectivity index (χ1) is 9.33. The highest BCUT2D eigenvalue weighted by Gasteiger charge is 2.21. The lowest BCUT2D eigenvalue weighted by Crippen LogP contribution is -2.31. The van der Waals surface area contributed by atoms with Gasteiger partial charge in [0.2, 0.25) is 5.91 Å². The molecule has 4 heteroatoms. The van der Waals surface area contributed by atoms with Crippen molar-refractivity contribution < 1.29 is 9.53 Å². The Balaban J connectivity index is 1.59. The van der Waals surface area contributed by atoms with E-state index < -0.39 is 0 Å². The molecule has 0 spiro atoms. The van der Waals surface area contributed by atoms with Crippen LogP contribution in [0.1, 0.15) is 24.0 Å². The predicted octanol–water partition coefficient (Wildman–Crippen LogP) is 1.24. The molecule has 0 aromatic heterocycles. The molecule has 19 heavy (non-hydrogen) atoms. The van der Waals surface area contributed by atoms with Gasteiger partial charge < -0.3 is 15.4 Å². The number of nitrogens with one attached hydrogen (secondary N) is 2. The summed E-state index contributed by atoms with van der Waals surface area (Å²) in [4.78, 5) is 11.9. The van der Waals surface area contributed by atoms with E-state index in [4.69, 9.17) is 4.74 Å². The quantitative estimate of drug-likeness (QED) is 0.859. The molecule has 0 bridgehead atoms. The minimum Gasteiger partial charge on any atom is -0.493 e. The van der Waals surface area contributed by atoms with Crippen LogP contribution < -0.4 is 15.4 Å². The summed E-state index contributed by atoms with van der Waals surface area (Å²) in [6.07, 6.45) is 3.10. The lowest BCUT2D eigenvalue weighted by Gasteiger charge is -2.18. The van der Waals surface area contributed by atoms with Crippen LogP contribution in [0.3, 0.4) is 0 Å². The van der Waals surface area contributed by atoms with Gasteiger partial charge in [-0.05, 0) is 43.0 Å². The number of hydrogen-bond acceptors (Lipinski definition) is 3. The summed E-state index contributed by atoms with van der Waals surface area (Å²) in [6, 6.07) is 6.21. The van der Waals surface area contributed by atoms with Crippen LogP contribution in [-0.4, -0.2) is 25.6 Å². The lowest BCUT2D eigenvalue weighted by molar-refractivity contribution is -0.124. The van der Waals surface area contributed by atoms with Gasteiger partial charge in [-0.15, -0.1) is 0 Å². The Hall–Kier alpha value is -1.55. The number of hydrogen-bond donors (Lipinski definition) is 2. The van der Waals surface area contributed by atoms with Crippen molar-refractivity contribution in [2.45, 2.75) is 25.8 Å². The van der Waals surface area contributed by atoms with Crippen LogP contribution in [0.4, 0.5) is 0 Å². The third-order valence-corrected chi connectivity index (χ3v) is 3.87. The van der Waals surface area contributed by atoms with Crippen molar-refractivity contribution in [3.05, 3.63) is 29.3 Å². The minimum absolute atomic E-state index is 0.140. The molecule has 1 saturated heterocycles. The van der Waals surface area contributed by atoms with Gasteiger partial charge in [-0.1, -0.05) is 12.1 Å². The fourth-order valence-corrected chi connectivity index (χ4v) is 2.74. The Morgan fingerprint density at radius 3 is 3.26 bits per heavy atom. The first kappa shape index (κ1) is 12.5. The summed E-state index contributed by atoms with van der Waals surface area (Å²) < 4.78 is 5.59. The molecule has 1 aromatic carbocycles. The highest BCUT2D eigenvalue weighted by atomic mass is 16.5. The second-order valence-electron chi connectivity index (χ2n) is 5.30. The number of aryl methyl sites for hydroxylation is 1. The van der Waals surface area contributed by atoms with Crippen LogP contribution in [-0.2, 0) is 17.8 Å². The third-order valence-electron chi connectivity index (χ3n) is 3.87. The summed E-state index contributed by atoms with van der Waals surface area (Å²) in [6.45, 7) is 3.19. The minimum atomic E-state index is 0.140. The first-order valence-corrected chi connectivity index (χ1v) is 7.06. The van der Waals surface area contributed by atoms with E-state index in [2.05, 4.69) is 16.7 Å². The third kappa shape index (κ3) is 2.89. The maximum Gasteiger partial charge on any atom is 0.224 e. The molecule has 1 fully saturated rings. The average Bonchev–Trinajstić information content (AvgIpc) is 2.99. The fourth-order valence-electron chi connectivity index (χ4n) is 2.74. The summed E-state index contributed by atoms with van der Waals surface area (Å²) in [5.74, 6) is 1.31. The number of ether oxygens (including phenoxy) is 1. The number of fused-ring (bicyclic) bond motifs is 1. The molecule has 2 N–H and O–H groups in total. The van der Waals surface area contributed by atoms with Crippen molar-refractivity contribution in [1.29, 1.82) is 0 Å². The van der Waals surface area contributed by atoms with Crippen LogP contribution in [0.25, 0.3) is 0 Å². The molecular formula is C15H20N2O2. The van der Waals surface area contributed by atoms with Gasteiger partial charge in [-0.3, -0.25) is 4.79 Å². The average molecular weight is 260 g/mol. The summed E-state index contributed by atoms with van der Waals surface area (Å²) in [5.41, 5.74) is 2.42. The molecule has 3 rings (SSSR count). The SMILES string of the molecule is O=C(NCc1ccc2c(c1)CCCO2)[C@H]1CCNC1. The van der Waals surface area contributed by atoms with Gasteiger partial charge >= 0.3 is 0 Å². The molecule has 1 amide bonds. The Bertz CT molecular complexity index is 467. The number of rotatable bonds is 3. The smallest absolute Gasteiger partial charge is 0.224 e. The van der Waals surface area contributed by atoms with Crippen molar-refractivity contribution in [3.8, 4) is 5.75 Å². The highest BCUT2D eigenvalue weighted by molar-refractivity contribution is 5.79. The summed E-state index contributed by atoms with van der Waals surface area (Å²) >= 11 is 0.